The molecule has 158 valence electrons. The molecule has 4 rings (SSSR count). The number of nitrogens with zero attached hydrogens (tertiary/aromatic N) is 2. The number of benzene rings is 2. The van der Waals surface area contributed by atoms with E-state index in [4.69, 9.17) is 0 Å². The Hall–Kier alpha value is -2.44. The van der Waals surface area contributed by atoms with Gasteiger partial charge < -0.3 is 5.32 Å². The lowest BCUT2D eigenvalue weighted by Crippen LogP contribution is -2.33. The molecule has 30 heavy (non-hydrogen) atoms. The van der Waals surface area contributed by atoms with Crippen molar-refractivity contribution in [3.05, 3.63) is 63.3 Å². The Labute approximate surface area is 181 Å². The van der Waals surface area contributed by atoms with Gasteiger partial charge in [-0.05, 0) is 75.0 Å². The smallest absolute Gasteiger partial charge is 0.308 e. The van der Waals surface area contributed by atoms with Crippen LogP contribution in [0.1, 0.15) is 55.6 Å². The van der Waals surface area contributed by atoms with Gasteiger partial charge in [0.1, 0.15) is 0 Å². The van der Waals surface area contributed by atoms with E-state index in [2.05, 4.69) is 17.1 Å². The molecule has 1 saturated heterocycles. The summed E-state index contributed by atoms with van der Waals surface area (Å²) in [6, 6.07) is 13.6. The van der Waals surface area contributed by atoms with E-state index in [1.807, 2.05) is 56.3 Å². The molecule has 1 fully saturated rings. The first-order valence-corrected chi connectivity index (χ1v) is 11.5. The molecule has 2 heterocycles. The number of thiazole rings is 1. The Kier molecular flexibility index (Phi) is 6.06. The highest BCUT2D eigenvalue weighted by atomic mass is 32.1. The second kappa shape index (κ2) is 8.74. The standard InChI is InChI=1S/C24H29N3O2S/c1-16(2)27-21-11-10-20(13-22(21)30-24(27)29)25-23(28)19-8-6-18(7-9-19)15-26-12-4-5-17(3)14-26/h6-11,13,16-17H,4-5,12,14-15H2,1-3H3,(H,25,28). The van der Waals surface area contributed by atoms with Gasteiger partial charge in [-0.3, -0.25) is 19.1 Å². The first-order valence-electron chi connectivity index (χ1n) is 10.7. The van der Waals surface area contributed by atoms with E-state index in [-0.39, 0.29) is 16.8 Å². The minimum absolute atomic E-state index is 0.0298. The van der Waals surface area contributed by atoms with Crippen LogP contribution < -0.4 is 10.2 Å². The Morgan fingerprint density at radius 2 is 1.97 bits per heavy atom. The number of aromatic nitrogens is 1. The maximum absolute atomic E-state index is 12.7. The summed E-state index contributed by atoms with van der Waals surface area (Å²) in [5.74, 6) is 0.625. The van der Waals surface area contributed by atoms with Crippen LogP contribution in [-0.4, -0.2) is 28.5 Å². The van der Waals surface area contributed by atoms with Crippen molar-refractivity contribution in [3.63, 3.8) is 0 Å². The number of piperidine rings is 1. The van der Waals surface area contributed by atoms with Crippen molar-refractivity contribution in [2.75, 3.05) is 18.4 Å². The lowest BCUT2D eigenvalue weighted by molar-refractivity contribution is 0.102. The molecule has 5 nitrogen and oxygen atoms in total. The van der Waals surface area contributed by atoms with Crippen molar-refractivity contribution < 1.29 is 4.79 Å². The number of carbonyl (C=O) groups is 1. The van der Waals surface area contributed by atoms with Crippen LogP contribution in [0.2, 0.25) is 0 Å². The molecule has 0 radical (unpaired) electrons. The maximum Gasteiger partial charge on any atom is 0.308 e. The minimum Gasteiger partial charge on any atom is -0.322 e. The van der Waals surface area contributed by atoms with E-state index >= 15 is 0 Å². The third kappa shape index (κ3) is 4.50. The summed E-state index contributed by atoms with van der Waals surface area (Å²) in [7, 11) is 0. The fraction of sp³-hybridized carbons (Fsp3) is 0.417. The van der Waals surface area contributed by atoms with E-state index in [0.29, 0.717) is 11.3 Å². The van der Waals surface area contributed by atoms with Gasteiger partial charge in [0.25, 0.3) is 5.91 Å². The molecule has 1 aliphatic heterocycles. The summed E-state index contributed by atoms with van der Waals surface area (Å²) < 4.78 is 2.67. The second-order valence-electron chi connectivity index (χ2n) is 8.65. The summed E-state index contributed by atoms with van der Waals surface area (Å²) in [6.07, 6.45) is 2.59. The summed E-state index contributed by atoms with van der Waals surface area (Å²) in [5, 5.41) is 2.96. The average molecular weight is 424 g/mol. The fourth-order valence-electron chi connectivity index (χ4n) is 4.26. The predicted octanol–water partition coefficient (Wildman–Crippen LogP) is 5.13. The maximum atomic E-state index is 12.7. The minimum atomic E-state index is -0.136. The first-order chi connectivity index (χ1) is 14.4. The molecule has 0 spiro atoms. The van der Waals surface area contributed by atoms with Gasteiger partial charge in [-0.1, -0.05) is 30.4 Å². The van der Waals surface area contributed by atoms with Crippen LogP contribution in [0.15, 0.2) is 47.3 Å². The Morgan fingerprint density at radius 3 is 2.67 bits per heavy atom. The quantitative estimate of drug-likeness (QED) is 0.619. The van der Waals surface area contributed by atoms with E-state index in [1.54, 1.807) is 4.57 Å². The third-order valence-corrected chi connectivity index (χ3v) is 6.67. The monoisotopic (exact) mass is 423 g/mol. The van der Waals surface area contributed by atoms with E-state index in [9.17, 15) is 9.59 Å². The Balaban J connectivity index is 1.44. The van der Waals surface area contributed by atoms with Gasteiger partial charge in [0, 0.05) is 30.4 Å². The zero-order chi connectivity index (χ0) is 21.3. The predicted molar refractivity (Wildman–Crippen MR) is 125 cm³/mol. The van der Waals surface area contributed by atoms with Crippen molar-refractivity contribution in [1.82, 2.24) is 9.47 Å². The van der Waals surface area contributed by atoms with Gasteiger partial charge in [-0.2, -0.15) is 0 Å². The van der Waals surface area contributed by atoms with Gasteiger partial charge in [0.2, 0.25) is 0 Å². The van der Waals surface area contributed by atoms with Crippen LogP contribution in [0.5, 0.6) is 0 Å². The third-order valence-electron chi connectivity index (χ3n) is 5.75. The molecular formula is C24H29N3O2S. The summed E-state index contributed by atoms with van der Waals surface area (Å²) in [5.41, 5.74) is 3.49. The van der Waals surface area contributed by atoms with Crippen molar-refractivity contribution in [2.24, 2.45) is 5.92 Å². The van der Waals surface area contributed by atoms with Crippen molar-refractivity contribution in [2.45, 2.75) is 46.2 Å². The molecule has 2 aromatic carbocycles. The lowest BCUT2D eigenvalue weighted by atomic mass is 9.99. The van der Waals surface area contributed by atoms with Crippen LogP contribution in [0.25, 0.3) is 10.2 Å². The highest BCUT2D eigenvalue weighted by Gasteiger charge is 2.16. The molecule has 0 saturated carbocycles. The second-order valence-corrected chi connectivity index (χ2v) is 9.64. The molecule has 1 atom stereocenters. The number of carbonyl (C=O) groups excluding carboxylic acids is 1. The zero-order valence-electron chi connectivity index (χ0n) is 17.9. The number of fused-ring (bicyclic) bond motifs is 1. The average Bonchev–Trinajstić information content (AvgIpc) is 3.03. The number of anilines is 1. The molecule has 6 heteroatoms. The molecule has 0 bridgehead atoms. The van der Waals surface area contributed by atoms with Gasteiger partial charge in [-0.25, -0.2) is 0 Å². The van der Waals surface area contributed by atoms with Gasteiger partial charge in [0.05, 0.1) is 10.2 Å². The van der Waals surface area contributed by atoms with Crippen molar-refractivity contribution >= 4 is 33.1 Å². The normalized spacial score (nSPS) is 17.5. The van der Waals surface area contributed by atoms with Crippen LogP contribution in [0, 0.1) is 5.92 Å². The topological polar surface area (TPSA) is 54.3 Å². The SMILES string of the molecule is CC1CCCN(Cc2ccc(C(=O)Nc3ccc4c(c3)sc(=O)n4C(C)C)cc2)C1. The number of hydrogen-bond donors (Lipinski definition) is 1. The largest absolute Gasteiger partial charge is 0.322 e. The van der Waals surface area contributed by atoms with Crippen molar-refractivity contribution in [3.8, 4) is 0 Å². The van der Waals surface area contributed by atoms with Crippen LogP contribution >= 0.6 is 11.3 Å². The molecule has 1 aliphatic rings. The molecule has 1 unspecified atom stereocenters. The van der Waals surface area contributed by atoms with Crippen LogP contribution in [-0.2, 0) is 6.54 Å². The summed E-state index contributed by atoms with van der Waals surface area (Å²) in [6.45, 7) is 9.55. The number of amides is 1. The lowest BCUT2D eigenvalue weighted by Gasteiger charge is -2.30. The summed E-state index contributed by atoms with van der Waals surface area (Å²) >= 11 is 1.21. The molecular weight excluding hydrogens is 394 g/mol. The Morgan fingerprint density at radius 1 is 1.20 bits per heavy atom. The number of hydrogen-bond acceptors (Lipinski definition) is 4. The van der Waals surface area contributed by atoms with Gasteiger partial charge in [0.15, 0.2) is 0 Å². The number of likely N-dealkylation sites (tertiary alicyclic amines) is 1. The fourth-order valence-corrected chi connectivity index (χ4v) is 5.31. The van der Waals surface area contributed by atoms with Gasteiger partial charge in [-0.15, -0.1) is 0 Å². The van der Waals surface area contributed by atoms with Crippen LogP contribution in [0.3, 0.4) is 0 Å². The summed E-state index contributed by atoms with van der Waals surface area (Å²) in [4.78, 5) is 27.4. The van der Waals surface area contributed by atoms with E-state index < -0.39 is 0 Å². The molecule has 3 aromatic rings. The Bertz CT molecular complexity index is 1100. The zero-order valence-corrected chi connectivity index (χ0v) is 18.7. The van der Waals surface area contributed by atoms with E-state index in [1.165, 1.54) is 29.7 Å². The highest BCUT2D eigenvalue weighted by molar-refractivity contribution is 7.16. The molecule has 1 amide bonds. The van der Waals surface area contributed by atoms with Gasteiger partial charge >= 0.3 is 4.87 Å². The highest BCUT2D eigenvalue weighted by Crippen LogP contribution is 2.24. The first kappa shape index (κ1) is 20.8. The molecule has 1 N–H and O–H groups in total. The van der Waals surface area contributed by atoms with Crippen LogP contribution in [0.4, 0.5) is 5.69 Å². The van der Waals surface area contributed by atoms with Crippen molar-refractivity contribution in [1.29, 1.82) is 0 Å². The number of nitrogens with one attached hydrogen (secondary N) is 1. The number of rotatable bonds is 5. The van der Waals surface area contributed by atoms with E-state index in [0.717, 1.165) is 35.8 Å². The molecule has 0 aliphatic carbocycles. The molecule has 1 aromatic heterocycles.